The fourth-order valence-electron chi connectivity index (χ4n) is 2.02. The van der Waals surface area contributed by atoms with Gasteiger partial charge in [0.1, 0.15) is 0 Å². The van der Waals surface area contributed by atoms with Gasteiger partial charge in [0.15, 0.2) is 0 Å². The van der Waals surface area contributed by atoms with E-state index >= 15 is 0 Å². The molecule has 0 aliphatic carbocycles. The van der Waals surface area contributed by atoms with Gasteiger partial charge in [-0.3, -0.25) is 0 Å². The molecule has 1 aliphatic rings. The quantitative estimate of drug-likeness (QED) is 0.776. The van der Waals surface area contributed by atoms with Crippen LogP contribution in [0.5, 0.6) is 0 Å². The summed E-state index contributed by atoms with van der Waals surface area (Å²) >= 11 is 0. The van der Waals surface area contributed by atoms with E-state index in [4.69, 9.17) is 5.73 Å². The molecule has 0 saturated carbocycles. The third kappa shape index (κ3) is 4.40. The van der Waals surface area contributed by atoms with Gasteiger partial charge < -0.3 is 5.73 Å². The molecule has 1 fully saturated rings. The minimum absolute atomic E-state index is 0.0269. The van der Waals surface area contributed by atoms with E-state index in [2.05, 4.69) is 0 Å². The van der Waals surface area contributed by atoms with Crippen LogP contribution in [-0.4, -0.2) is 44.3 Å². The summed E-state index contributed by atoms with van der Waals surface area (Å²) in [6.07, 6.45) is -3.43. The minimum atomic E-state index is -4.21. The van der Waals surface area contributed by atoms with E-state index in [-0.39, 0.29) is 31.7 Å². The van der Waals surface area contributed by atoms with Crippen LogP contribution in [0.2, 0.25) is 0 Å². The zero-order chi connectivity index (χ0) is 13.8. The average molecular weight is 288 g/mol. The van der Waals surface area contributed by atoms with Gasteiger partial charge in [-0.15, -0.1) is 0 Å². The Morgan fingerprint density at radius 2 is 1.72 bits per heavy atom. The van der Waals surface area contributed by atoms with Gasteiger partial charge in [-0.1, -0.05) is 0 Å². The molecule has 8 heteroatoms. The zero-order valence-corrected chi connectivity index (χ0v) is 10.9. The van der Waals surface area contributed by atoms with Crippen LogP contribution in [0.15, 0.2) is 0 Å². The molecule has 0 spiro atoms. The van der Waals surface area contributed by atoms with E-state index in [0.29, 0.717) is 19.4 Å². The van der Waals surface area contributed by atoms with Crippen molar-refractivity contribution >= 4 is 10.0 Å². The smallest absolute Gasteiger partial charge is 0.330 e. The highest BCUT2D eigenvalue weighted by Gasteiger charge is 2.42. The monoisotopic (exact) mass is 288 g/mol. The SMILES string of the molecule is NCCCCS(=O)(=O)N1CCC(C(F)(F)F)CC1. The molecule has 0 radical (unpaired) electrons. The Bertz CT molecular complexity index is 349. The number of unbranched alkanes of at least 4 members (excludes halogenated alkanes) is 1. The van der Waals surface area contributed by atoms with Gasteiger partial charge >= 0.3 is 6.18 Å². The van der Waals surface area contributed by atoms with E-state index in [9.17, 15) is 21.6 Å². The second-order valence-electron chi connectivity index (χ2n) is 4.53. The first-order valence-electron chi connectivity index (χ1n) is 6.02. The molecule has 0 amide bonds. The average Bonchev–Trinajstić information content (AvgIpc) is 2.28. The van der Waals surface area contributed by atoms with E-state index in [1.54, 1.807) is 0 Å². The normalized spacial score (nSPS) is 20.2. The summed E-state index contributed by atoms with van der Waals surface area (Å²) in [5, 5.41) is 0. The summed E-state index contributed by atoms with van der Waals surface area (Å²) < 4.78 is 62.1. The first-order valence-corrected chi connectivity index (χ1v) is 7.63. The van der Waals surface area contributed by atoms with Crippen LogP contribution in [0.3, 0.4) is 0 Å². The fraction of sp³-hybridized carbons (Fsp3) is 1.00. The van der Waals surface area contributed by atoms with Crippen LogP contribution in [0.25, 0.3) is 0 Å². The Balaban J connectivity index is 2.47. The second-order valence-corrected chi connectivity index (χ2v) is 6.62. The largest absolute Gasteiger partial charge is 0.391 e. The summed E-state index contributed by atoms with van der Waals surface area (Å²) in [6, 6.07) is 0. The molecule has 4 nitrogen and oxygen atoms in total. The van der Waals surface area contributed by atoms with Gasteiger partial charge in [0.05, 0.1) is 11.7 Å². The van der Waals surface area contributed by atoms with Gasteiger partial charge in [-0.2, -0.15) is 13.2 Å². The van der Waals surface area contributed by atoms with Crippen molar-refractivity contribution < 1.29 is 21.6 Å². The number of nitrogens with two attached hydrogens (primary N) is 1. The van der Waals surface area contributed by atoms with Crippen molar-refractivity contribution in [3.63, 3.8) is 0 Å². The van der Waals surface area contributed by atoms with E-state index in [1.165, 1.54) is 4.31 Å². The Kier molecular flexibility index (Phi) is 5.42. The summed E-state index contributed by atoms with van der Waals surface area (Å²) in [7, 11) is -3.41. The van der Waals surface area contributed by atoms with Gasteiger partial charge in [0, 0.05) is 13.1 Å². The molecule has 1 rings (SSSR count). The van der Waals surface area contributed by atoms with Crippen LogP contribution >= 0.6 is 0 Å². The predicted molar refractivity (Wildman–Crippen MR) is 62.4 cm³/mol. The Morgan fingerprint density at radius 1 is 1.17 bits per heavy atom. The van der Waals surface area contributed by atoms with Crippen molar-refractivity contribution in [2.24, 2.45) is 11.7 Å². The highest BCUT2D eigenvalue weighted by atomic mass is 32.2. The molecule has 0 unspecified atom stereocenters. The lowest BCUT2D eigenvalue weighted by molar-refractivity contribution is -0.182. The fourth-order valence-corrected chi connectivity index (χ4v) is 3.61. The number of rotatable bonds is 5. The predicted octanol–water partition coefficient (Wildman–Crippen LogP) is 1.33. The van der Waals surface area contributed by atoms with Crippen molar-refractivity contribution in [3.8, 4) is 0 Å². The number of hydrogen-bond donors (Lipinski definition) is 1. The maximum absolute atomic E-state index is 12.4. The van der Waals surface area contributed by atoms with Gasteiger partial charge in [0.2, 0.25) is 10.0 Å². The molecular formula is C10H19F3N2O2S. The minimum Gasteiger partial charge on any atom is -0.330 e. The maximum atomic E-state index is 12.4. The number of alkyl halides is 3. The third-order valence-corrected chi connectivity index (χ3v) is 5.12. The van der Waals surface area contributed by atoms with Crippen molar-refractivity contribution in [2.45, 2.75) is 31.9 Å². The molecule has 1 heterocycles. The number of halogens is 3. The van der Waals surface area contributed by atoms with Crippen molar-refractivity contribution in [2.75, 3.05) is 25.4 Å². The van der Waals surface area contributed by atoms with Crippen molar-refractivity contribution in [1.29, 1.82) is 0 Å². The molecule has 0 bridgehead atoms. The molecular weight excluding hydrogens is 269 g/mol. The Labute approximate surface area is 105 Å². The van der Waals surface area contributed by atoms with Crippen molar-refractivity contribution in [1.82, 2.24) is 4.31 Å². The first-order chi connectivity index (χ1) is 8.27. The molecule has 18 heavy (non-hydrogen) atoms. The lowest BCUT2D eigenvalue weighted by atomic mass is 9.98. The molecule has 0 atom stereocenters. The molecule has 0 aromatic carbocycles. The topological polar surface area (TPSA) is 63.4 Å². The van der Waals surface area contributed by atoms with Crippen LogP contribution in [0.4, 0.5) is 13.2 Å². The number of sulfonamides is 1. The summed E-state index contributed by atoms with van der Waals surface area (Å²) in [5.74, 6) is -1.39. The van der Waals surface area contributed by atoms with E-state index in [0.717, 1.165) is 0 Å². The number of nitrogens with zero attached hydrogens (tertiary/aromatic N) is 1. The van der Waals surface area contributed by atoms with Gasteiger partial charge in [-0.05, 0) is 32.2 Å². The first kappa shape index (κ1) is 15.7. The lowest BCUT2D eigenvalue weighted by Gasteiger charge is -2.32. The molecule has 0 aromatic rings. The Morgan fingerprint density at radius 3 is 2.17 bits per heavy atom. The lowest BCUT2D eigenvalue weighted by Crippen LogP contribution is -2.43. The van der Waals surface area contributed by atoms with Gasteiger partial charge in [0.25, 0.3) is 0 Å². The van der Waals surface area contributed by atoms with E-state index < -0.39 is 22.1 Å². The van der Waals surface area contributed by atoms with E-state index in [1.807, 2.05) is 0 Å². The summed E-state index contributed by atoms with van der Waals surface area (Å²) in [6.45, 7) is 0.357. The molecule has 0 aromatic heterocycles. The van der Waals surface area contributed by atoms with Gasteiger partial charge in [-0.25, -0.2) is 12.7 Å². The van der Waals surface area contributed by atoms with Crippen LogP contribution in [-0.2, 0) is 10.0 Å². The Hall–Kier alpha value is -0.340. The summed E-state index contributed by atoms with van der Waals surface area (Å²) in [5.41, 5.74) is 5.27. The zero-order valence-electron chi connectivity index (χ0n) is 10.1. The summed E-state index contributed by atoms with van der Waals surface area (Å²) in [4.78, 5) is 0. The maximum Gasteiger partial charge on any atom is 0.391 e. The third-order valence-electron chi connectivity index (χ3n) is 3.17. The highest BCUT2D eigenvalue weighted by molar-refractivity contribution is 7.89. The molecule has 2 N–H and O–H groups in total. The molecule has 1 aliphatic heterocycles. The van der Waals surface area contributed by atoms with Crippen LogP contribution in [0, 0.1) is 5.92 Å². The number of piperidine rings is 1. The second kappa shape index (κ2) is 6.21. The van der Waals surface area contributed by atoms with Crippen molar-refractivity contribution in [3.05, 3.63) is 0 Å². The number of hydrogen-bond acceptors (Lipinski definition) is 3. The molecule has 108 valence electrons. The molecule has 1 saturated heterocycles. The standard InChI is InChI=1S/C10H19F3N2O2S/c11-10(12,13)9-3-6-15(7-4-9)18(16,17)8-2-1-5-14/h9H,1-8,14H2. The van der Waals surface area contributed by atoms with Crippen LogP contribution in [0.1, 0.15) is 25.7 Å². The van der Waals surface area contributed by atoms with Crippen LogP contribution < -0.4 is 5.73 Å². The highest BCUT2D eigenvalue weighted by Crippen LogP contribution is 2.34.